The number of halogens is 2. The van der Waals surface area contributed by atoms with E-state index in [-0.39, 0.29) is 5.82 Å². The average molecular weight is 404 g/mol. The molecule has 0 radical (unpaired) electrons. The molecule has 1 aromatic heterocycles. The van der Waals surface area contributed by atoms with E-state index in [4.69, 9.17) is 11.6 Å². The van der Waals surface area contributed by atoms with Crippen molar-refractivity contribution >= 4 is 29.3 Å². The molecule has 0 amide bonds. The zero-order valence-corrected chi connectivity index (χ0v) is 16.0. The lowest BCUT2D eigenvalue weighted by atomic mass is 10.0. The SMILES string of the molecule is N#Cc1c(N=CC2=CCN=C2c2ccc(F)cc2)n[nH]c1Cc1cccc(Cl)c1. The van der Waals surface area contributed by atoms with E-state index in [2.05, 4.69) is 26.3 Å². The van der Waals surface area contributed by atoms with Gasteiger partial charge in [0, 0.05) is 28.8 Å². The van der Waals surface area contributed by atoms with E-state index in [1.165, 1.54) is 12.1 Å². The van der Waals surface area contributed by atoms with E-state index in [1.54, 1.807) is 24.4 Å². The number of hydrogen-bond donors (Lipinski definition) is 1. The summed E-state index contributed by atoms with van der Waals surface area (Å²) in [6.45, 7) is 0.528. The fourth-order valence-corrected chi connectivity index (χ4v) is 3.30. The maximum Gasteiger partial charge on any atom is 0.191 e. The number of nitrogens with zero attached hydrogens (tertiary/aromatic N) is 4. The minimum absolute atomic E-state index is 0.297. The summed E-state index contributed by atoms with van der Waals surface area (Å²) in [6, 6.07) is 15.8. The zero-order valence-electron chi connectivity index (χ0n) is 15.2. The quantitative estimate of drug-likeness (QED) is 0.621. The number of aromatic amines is 1. The van der Waals surface area contributed by atoms with Crippen molar-refractivity contribution < 1.29 is 4.39 Å². The van der Waals surface area contributed by atoms with Crippen LogP contribution in [0.1, 0.15) is 22.4 Å². The van der Waals surface area contributed by atoms with E-state index in [0.29, 0.717) is 35.1 Å². The molecule has 0 fully saturated rings. The molecule has 142 valence electrons. The first-order valence-corrected chi connectivity index (χ1v) is 9.28. The highest BCUT2D eigenvalue weighted by Crippen LogP contribution is 2.23. The summed E-state index contributed by atoms with van der Waals surface area (Å²) in [5.74, 6) is 0.0183. The van der Waals surface area contributed by atoms with Gasteiger partial charge in [-0.2, -0.15) is 10.4 Å². The minimum Gasteiger partial charge on any atom is -0.280 e. The lowest BCUT2D eigenvalue weighted by Gasteiger charge is -2.03. The Kier molecular flexibility index (Phi) is 5.32. The molecule has 0 saturated heterocycles. The van der Waals surface area contributed by atoms with E-state index in [1.807, 2.05) is 24.3 Å². The standard InChI is InChI=1S/C22H15ClFN5/c23-17-3-1-2-14(10-17)11-20-19(12-25)22(29-28-20)27-13-16-8-9-26-21(16)15-4-6-18(24)7-5-15/h1-8,10,13H,9,11H2,(H,28,29). The topological polar surface area (TPSA) is 77.2 Å². The third kappa shape index (κ3) is 4.15. The maximum atomic E-state index is 13.2. The van der Waals surface area contributed by atoms with Gasteiger partial charge in [-0.05, 0) is 42.0 Å². The molecule has 2 aromatic carbocycles. The lowest BCUT2D eigenvalue weighted by molar-refractivity contribution is 0.628. The van der Waals surface area contributed by atoms with Crippen molar-refractivity contribution in [3.8, 4) is 6.07 Å². The van der Waals surface area contributed by atoms with Crippen LogP contribution in [0, 0.1) is 17.1 Å². The van der Waals surface area contributed by atoms with Gasteiger partial charge in [0.15, 0.2) is 5.82 Å². The van der Waals surface area contributed by atoms with Gasteiger partial charge in [0.2, 0.25) is 0 Å². The molecule has 0 spiro atoms. The first kappa shape index (κ1) is 18.8. The molecule has 4 rings (SSSR count). The van der Waals surface area contributed by atoms with Crippen LogP contribution >= 0.6 is 11.6 Å². The van der Waals surface area contributed by atoms with Gasteiger partial charge in [-0.25, -0.2) is 9.38 Å². The Balaban J connectivity index is 1.56. The van der Waals surface area contributed by atoms with Crippen LogP contribution < -0.4 is 0 Å². The summed E-state index contributed by atoms with van der Waals surface area (Å²) in [4.78, 5) is 8.84. The van der Waals surface area contributed by atoms with Crippen molar-refractivity contribution in [2.24, 2.45) is 9.98 Å². The predicted molar refractivity (Wildman–Crippen MR) is 112 cm³/mol. The van der Waals surface area contributed by atoms with E-state index < -0.39 is 0 Å². The summed E-state index contributed by atoms with van der Waals surface area (Å²) in [7, 11) is 0. The molecule has 0 saturated carbocycles. The molecule has 5 nitrogen and oxygen atoms in total. The second-order valence-electron chi connectivity index (χ2n) is 6.43. The number of nitriles is 1. The Morgan fingerprint density at radius 1 is 1.24 bits per heavy atom. The molecular formula is C22H15ClFN5. The molecule has 0 aliphatic carbocycles. The molecule has 1 aliphatic rings. The molecule has 7 heteroatoms. The highest BCUT2D eigenvalue weighted by atomic mass is 35.5. The van der Waals surface area contributed by atoms with Gasteiger partial charge in [-0.1, -0.05) is 29.8 Å². The second kappa shape index (κ2) is 8.21. The Morgan fingerprint density at radius 2 is 2.07 bits per heavy atom. The number of rotatable bonds is 5. The molecule has 0 bridgehead atoms. The molecule has 29 heavy (non-hydrogen) atoms. The number of nitrogens with one attached hydrogen (secondary N) is 1. The van der Waals surface area contributed by atoms with Gasteiger partial charge in [-0.3, -0.25) is 10.1 Å². The van der Waals surface area contributed by atoms with Gasteiger partial charge >= 0.3 is 0 Å². The lowest BCUT2D eigenvalue weighted by Crippen LogP contribution is -2.03. The van der Waals surface area contributed by atoms with Gasteiger partial charge in [0.1, 0.15) is 17.4 Å². The van der Waals surface area contributed by atoms with Gasteiger partial charge in [-0.15, -0.1) is 0 Å². The predicted octanol–water partition coefficient (Wildman–Crippen LogP) is 4.80. The molecule has 1 aliphatic heterocycles. The van der Waals surface area contributed by atoms with Crippen molar-refractivity contribution in [3.63, 3.8) is 0 Å². The summed E-state index contributed by atoms with van der Waals surface area (Å²) < 4.78 is 13.2. The van der Waals surface area contributed by atoms with Gasteiger partial charge in [0.05, 0.1) is 18.0 Å². The molecule has 0 unspecified atom stereocenters. The number of allylic oxidation sites excluding steroid dienone is 1. The Bertz CT molecular complexity index is 1180. The molecule has 2 heterocycles. The van der Waals surface area contributed by atoms with Crippen LogP contribution in [0.4, 0.5) is 10.2 Å². The third-order valence-electron chi connectivity index (χ3n) is 4.48. The third-order valence-corrected chi connectivity index (χ3v) is 4.72. The first-order valence-electron chi connectivity index (χ1n) is 8.91. The van der Waals surface area contributed by atoms with E-state index in [0.717, 1.165) is 22.4 Å². The number of aromatic nitrogens is 2. The molecule has 0 atom stereocenters. The second-order valence-corrected chi connectivity index (χ2v) is 6.87. The van der Waals surface area contributed by atoms with Crippen LogP contribution in [0.25, 0.3) is 0 Å². The maximum absolute atomic E-state index is 13.2. The van der Waals surface area contributed by atoms with E-state index in [9.17, 15) is 9.65 Å². The zero-order chi connectivity index (χ0) is 20.2. The normalized spacial score (nSPS) is 13.4. The van der Waals surface area contributed by atoms with E-state index >= 15 is 0 Å². The van der Waals surface area contributed by atoms with Crippen LogP contribution in [0.5, 0.6) is 0 Å². The minimum atomic E-state index is -0.297. The monoisotopic (exact) mass is 403 g/mol. The van der Waals surface area contributed by atoms with Crippen LogP contribution in [-0.2, 0) is 6.42 Å². The van der Waals surface area contributed by atoms with Gasteiger partial charge < -0.3 is 0 Å². The van der Waals surface area contributed by atoms with Crippen molar-refractivity contribution in [1.29, 1.82) is 5.26 Å². The molecule has 3 aromatic rings. The van der Waals surface area contributed by atoms with Crippen LogP contribution in [0.15, 0.2) is 70.2 Å². The average Bonchev–Trinajstić information content (AvgIpc) is 3.33. The highest BCUT2D eigenvalue weighted by molar-refractivity contribution is 6.30. The Hall–Kier alpha value is -3.56. The van der Waals surface area contributed by atoms with Crippen molar-refractivity contribution in [3.05, 3.63) is 93.4 Å². The number of H-pyrrole nitrogens is 1. The van der Waals surface area contributed by atoms with Crippen LogP contribution in [0.3, 0.4) is 0 Å². The summed E-state index contributed by atoms with van der Waals surface area (Å²) in [5, 5.41) is 17.3. The summed E-state index contributed by atoms with van der Waals surface area (Å²) >= 11 is 6.03. The Morgan fingerprint density at radius 3 is 2.83 bits per heavy atom. The van der Waals surface area contributed by atoms with Crippen molar-refractivity contribution in [2.75, 3.05) is 6.54 Å². The highest BCUT2D eigenvalue weighted by Gasteiger charge is 2.15. The fraction of sp³-hybridized carbons (Fsp3) is 0.0909. The smallest absolute Gasteiger partial charge is 0.191 e. The summed E-state index contributed by atoms with van der Waals surface area (Å²) in [5.41, 5.74) is 4.39. The summed E-state index contributed by atoms with van der Waals surface area (Å²) in [6.07, 6.45) is 4.06. The molecular weight excluding hydrogens is 389 g/mol. The van der Waals surface area contributed by atoms with Gasteiger partial charge in [0.25, 0.3) is 0 Å². The van der Waals surface area contributed by atoms with Crippen molar-refractivity contribution in [1.82, 2.24) is 10.2 Å². The number of aliphatic imine (C=N–C) groups is 2. The van der Waals surface area contributed by atoms with Crippen LogP contribution in [-0.4, -0.2) is 28.7 Å². The number of hydrogen-bond acceptors (Lipinski definition) is 4. The van der Waals surface area contributed by atoms with Crippen LogP contribution in [0.2, 0.25) is 5.02 Å². The van der Waals surface area contributed by atoms with Crippen molar-refractivity contribution in [2.45, 2.75) is 6.42 Å². The number of benzene rings is 2. The Labute approximate surface area is 171 Å². The molecule has 1 N–H and O–H groups in total. The first-order chi connectivity index (χ1) is 14.1. The largest absolute Gasteiger partial charge is 0.280 e. The fourth-order valence-electron chi connectivity index (χ4n) is 3.09.